The molecule has 2 aromatic rings. The second kappa shape index (κ2) is 6.36. The van der Waals surface area contributed by atoms with Crippen molar-refractivity contribution in [3.8, 4) is 0 Å². The minimum absolute atomic E-state index is 0.0442. The maximum atomic E-state index is 12.2. The van der Waals surface area contributed by atoms with Crippen LogP contribution < -0.4 is 5.32 Å². The van der Waals surface area contributed by atoms with E-state index in [0.717, 1.165) is 31.1 Å². The molecule has 1 N–H and O–H groups in total. The van der Waals surface area contributed by atoms with E-state index in [0.29, 0.717) is 11.4 Å². The summed E-state index contributed by atoms with van der Waals surface area (Å²) in [5, 5.41) is 7.67. The number of nitrogens with zero attached hydrogens (tertiary/aromatic N) is 1. The number of fused-ring (bicyclic) bond motifs is 1. The van der Waals surface area contributed by atoms with Crippen molar-refractivity contribution in [2.75, 3.05) is 5.32 Å². The third-order valence-corrected chi connectivity index (χ3v) is 3.26. The second-order valence-corrected chi connectivity index (χ2v) is 4.79. The Morgan fingerprint density at radius 1 is 1.26 bits per heavy atom. The molecular formula is C15H20N2O2. The molecule has 0 bridgehead atoms. The van der Waals surface area contributed by atoms with Crippen molar-refractivity contribution in [3.63, 3.8) is 0 Å². The van der Waals surface area contributed by atoms with E-state index in [1.165, 1.54) is 0 Å². The van der Waals surface area contributed by atoms with Gasteiger partial charge < -0.3 is 9.84 Å². The van der Waals surface area contributed by atoms with Crippen molar-refractivity contribution in [2.45, 2.75) is 39.5 Å². The first-order chi connectivity index (χ1) is 9.26. The maximum Gasteiger partial charge on any atom is 0.228 e. The second-order valence-electron chi connectivity index (χ2n) is 4.79. The van der Waals surface area contributed by atoms with Gasteiger partial charge in [-0.2, -0.15) is 0 Å². The molecule has 0 radical (unpaired) electrons. The molecule has 0 fully saturated rings. The minimum Gasteiger partial charge on any atom is -0.354 e. The van der Waals surface area contributed by atoms with Crippen molar-refractivity contribution in [3.05, 3.63) is 24.3 Å². The van der Waals surface area contributed by atoms with Gasteiger partial charge in [-0.25, -0.2) is 0 Å². The highest BCUT2D eigenvalue weighted by Crippen LogP contribution is 2.23. The summed E-state index contributed by atoms with van der Waals surface area (Å²) in [7, 11) is 0. The quantitative estimate of drug-likeness (QED) is 0.854. The van der Waals surface area contributed by atoms with Gasteiger partial charge in [0.05, 0.1) is 5.39 Å². The molecule has 0 aliphatic carbocycles. The van der Waals surface area contributed by atoms with Gasteiger partial charge in [0.2, 0.25) is 5.91 Å². The Kier molecular flexibility index (Phi) is 4.55. The predicted molar refractivity (Wildman–Crippen MR) is 75.9 cm³/mol. The highest BCUT2D eigenvalue weighted by molar-refractivity contribution is 5.99. The van der Waals surface area contributed by atoms with Gasteiger partial charge in [-0.05, 0) is 25.0 Å². The average molecular weight is 260 g/mol. The molecule has 1 heterocycles. The molecule has 0 aliphatic heterocycles. The fraction of sp³-hybridized carbons (Fsp3) is 0.467. The number of hydrogen-bond donors (Lipinski definition) is 1. The Labute approximate surface area is 113 Å². The number of hydrogen-bond acceptors (Lipinski definition) is 3. The summed E-state index contributed by atoms with van der Waals surface area (Å²) in [6.07, 6.45) is 3.85. The number of amides is 1. The standard InChI is InChI=1S/C15H20N2O2/c1-3-7-11(8-4-2)15(18)16-14-12-9-5-6-10-13(12)19-17-14/h5-6,9-11H,3-4,7-8H2,1-2H3,(H,16,17,18). The van der Waals surface area contributed by atoms with E-state index in [4.69, 9.17) is 4.52 Å². The number of carbonyl (C=O) groups excluding carboxylic acids is 1. The van der Waals surface area contributed by atoms with Gasteiger partial charge in [-0.1, -0.05) is 44.0 Å². The smallest absolute Gasteiger partial charge is 0.228 e. The van der Waals surface area contributed by atoms with Gasteiger partial charge >= 0.3 is 0 Å². The van der Waals surface area contributed by atoms with Gasteiger partial charge in [0.15, 0.2) is 11.4 Å². The first-order valence-corrected chi connectivity index (χ1v) is 6.91. The molecule has 0 atom stereocenters. The number of rotatable bonds is 6. The number of benzene rings is 1. The summed E-state index contributed by atoms with van der Waals surface area (Å²) < 4.78 is 5.18. The number of para-hydroxylation sites is 1. The van der Waals surface area contributed by atoms with Crippen LogP contribution >= 0.6 is 0 Å². The summed E-state index contributed by atoms with van der Waals surface area (Å²) in [6.45, 7) is 4.20. The van der Waals surface area contributed by atoms with Crippen molar-refractivity contribution in [1.29, 1.82) is 0 Å². The third kappa shape index (κ3) is 3.13. The first kappa shape index (κ1) is 13.6. The van der Waals surface area contributed by atoms with Gasteiger partial charge in [0.1, 0.15) is 0 Å². The fourth-order valence-corrected chi connectivity index (χ4v) is 2.30. The highest BCUT2D eigenvalue weighted by atomic mass is 16.5. The van der Waals surface area contributed by atoms with Gasteiger partial charge in [-0.3, -0.25) is 4.79 Å². The van der Waals surface area contributed by atoms with Crippen molar-refractivity contribution >= 4 is 22.7 Å². The number of carbonyl (C=O) groups is 1. The van der Waals surface area contributed by atoms with Gasteiger partial charge in [-0.15, -0.1) is 0 Å². The van der Waals surface area contributed by atoms with Crippen LogP contribution in [0.1, 0.15) is 39.5 Å². The average Bonchev–Trinajstić information content (AvgIpc) is 2.82. The van der Waals surface area contributed by atoms with E-state index in [-0.39, 0.29) is 11.8 Å². The Balaban J connectivity index is 2.13. The molecule has 2 rings (SSSR count). The summed E-state index contributed by atoms with van der Waals surface area (Å²) in [5.74, 6) is 0.631. The zero-order valence-electron chi connectivity index (χ0n) is 11.5. The van der Waals surface area contributed by atoms with Gasteiger partial charge in [0, 0.05) is 5.92 Å². The summed E-state index contributed by atoms with van der Waals surface area (Å²) >= 11 is 0. The lowest BCUT2D eigenvalue weighted by Crippen LogP contribution is -2.22. The Bertz CT molecular complexity index is 542. The van der Waals surface area contributed by atoms with Crippen LogP contribution in [0.5, 0.6) is 0 Å². The van der Waals surface area contributed by atoms with Crippen LogP contribution in [0.25, 0.3) is 11.0 Å². The Hall–Kier alpha value is -1.84. The SMILES string of the molecule is CCCC(CCC)C(=O)Nc1noc2ccccc12. The van der Waals surface area contributed by atoms with Crippen molar-refractivity contribution < 1.29 is 9.32 Å². The van der Waals surface area contributed by atoms with Crippen LogP contribution in [0, 0.1) is 5.92 Å². The van der Waals surface area contributed by atoms with Crippen molar-refractivity contribution in [1.82, 2.24) is 5.16 Å². The molecule has 0 spiro atoms. The normalized spacial score (nSPS) is 11.1. The highest BCUT2D eigenvalue weighted by Gasteiger charge is 2.19. The van der Waals surface area contributed by atoms with E-state index in [2.05, 4.69) is 24.3 Å². The molecule has 1 aromatic heterocycles. The lowest BCUT2D eigenvalue weighted by atomic mass is 9.97. The van der Waals surface area contributed by atoms with E-state index >= 15 is 0 Å². The largest absolute Gasteiger partial charge is 0.354 e. The molecule has 102 valence electrons. The predicted octanol–water partition coefficient (Wildman–Crippen LogP) is 3.98. The van der Waals surface area contributed by atoms with E-state index in [1.54, 1.807) is 0 Å². The van der Waals surface area contributed by atoms with Crippen LogP contribution in [-0.4, -0.2) is 11.1 Å². The molecule has 0 aliphatic rings. The maximum absolute atomic E-state index is 12.2. The number of anilines is 1. The fourth-order valence-electron chi connectivity index (χ4n) is 2.30. The van der Waals surface area contributed by atoms with Crippen LogP contribution in [0.2, 0.25) is 0 Å². The van der Waals surface area contributed by atoms with Crippen LogP contribution in [-0.2, 0) is 4.79 Å². The minimum atomic E-state index is 0.0442. The Morgan fingerprint density at radius 2 is 1.95 bits per heavy atom. The third-order valence-electron chi connectivity index (χ3n) is 3.26. The molecule has 0 saturated carbocycles. The lowest BCUT2D eigenvalue weighted by molar-refractivity contribution is -0.120. The summed E-state index contributed by atoms with van der Waals surface area (Å²) in [4.78, 5) is 12.2. The zero-order valence-corrected chi connectivity index (χ0v) is 11.5. The number of aromatic nitrogens is 1. The Morgan fingerprint density at radius 3 is 2.63 bits per heavy atom. The van der Waals surface area contributed by atoms with E-state index in [1.807, 2.05) is 24.3 Å². The van der Waals surface area contributed by atoms with Crippen LogP contribution in [0.4, 0.5) is 5.82 Å². The molecule has 0 unspecified atom stereocenters. The zero-order chi connectivity index (χ0) is 13.7. The molecule has 1 aromatic carbocycles. The van der Waals surface area contributed by atoms with Crippen LogP contribution in [0.15, 0.2) is 28.8 Å². The monoisotopic (exact) mass is 260 g/mol. The molecule has 4 nitrogen and oxygen atoms in total. The number of nitrogens with one attached hydrogen (secondary N) is 1. The molecular weight excluding hydrogens is 240 g/mol. The first-order valence-electron chi connectivity index (χ1n) is 6.91. The topological polar surface area (TPSA) is 55.1 Å². The molecule has 1 amide bonds. The summed E-state index contributed by atoms with van der Waals surface area (Å²) in [6, 6.07) is 7.53. The molecule has 19 heavy (non-hydrogen) atoms. The molecule has 4 heteroatoms. The lowest BCUT2D eigenvalue weighted by Gasteiger charge is -2.13. The van der Waals surface area contributed by atoms with Crippen LogP contribution in [0.3, 0.4) is 0 Å². The van der Waals surface area contributed by atoms with Gasteiger partial charge in [0.25, 0.3) is 0 Å². The summed E-state index contributed by atoms with van der Waals surface area (Å²) in [5.41, 5.74) is 0.695. The van der Waals surface area contributed by atoms with E-state index < -0.39 is 0 Å². The van der Waals surface area contributed by atoms with E-state index in [9.17, 15) is 4.79 Å². The van der Waals surface area contributed by atoms with Crippen molar-refractivity contribution in [2.24, 2.45) is 5.92 Å². The molecule has 0 saturated heterocycles.